The second-order valence-corrected chi connectivity index (χ2v) is 5.25. The third-order valence-corrected chi connectivity index (χ3v) is 3.37. The van der Waals surface area contributed by atoms with E-state index in [1.165, 1.54) is 5.56 Å². The van der Waals surface area contributed by atoms with Crippen LogP contribution in [0, 0.1) is 0 Å². The Hall–Kier alpha value is -2.49. The van der Waals surface area contributed by atoms with Gasteiger partial charge in [-0.05, 0) is 30.2 Å². The Bertz CT molecular complexity index is 626. The zero-order valence-corrected chi connectivity index (χ0v) is 13.1. The predicted molar refractivity (Wildman–Crippen MR) is 90.0 cm³/mol. The van der Waals surface area contributed by atoms with Gasteiger partial charge in [0.2, 0.25) is 0 Å². The molecule has 0 heterocycles. The summed E-state index contributed by atoms with van der Waals surface area (Å²) in [6.45, 7) is 3.14. The van der Waals surface area contributed by atoms with E-state index >= 15 is 0 Å². The number of hydrogen-bond donors (Lipinski definition) is 1. The second-order valence-electron chi connectivity index (χ2n) is 5.25. The number of nitrogen functional groups attached to an aromatic ring is 1. The maximum atomic E-state index is 11.8. The minimum atomic E-state index is -0.328. The van der Waals surface area contributed by atoms with Crippen molar-refractivity contribution in [3.05, 3.63) is 59.7 Å². The lowest BCUT2D eigenvalue weighted by molar-refractivity contribution is 0.0505. The average molecular weight is 298 g/mol. The molecule has 0 radical (unpaired) electrons. The van der Waals surface area contributed by atoms with Crippen molar-refractivity contribution >= 4 is 17.3 Å². The maximum Gasteiger partial charge on any atom is 0.338 e. The Labute approximate surface area is 131 Å². The summed E-state index contributed by atoms with van der Waals surface area (Å²) in [5.74, 6) is -0.328. The molecule has 0 aromatic heterocycles. The fourth-order valence-corrected chi connectivity index (χ4v) is 2.25. The van der Waals surface area contributed by atoms with Crippen molar-refractivity contribution in [1.29, 1.82) is 0 Å². The van der Waals surface area contributed by atoms with Gasteiger partial charge in [0, 0.05) is 13.6 Å². The zero-order valence-electron chi connectivity index (χ0n) is 13.1. The van der Waals surface area contributed by atoms with E-state index in [-0.39, 0.29) is 5.97 Å². The molecule has 0 fully saturated rings. The molecular formula is C18H22N2O2. The standard InChI is InChI=1S/C18H22N2O2/c1-3-11-22-18(21)15-9-10-17(16(19)12-15)20(2)13-14-7-5-4-6-8-14/h4-10,12H,3,11,13,19H2,1-2H3. The van der Waals surface area contributed by atoms with Gasteiger partial charge in [0.05, 0.1) is 23.5 Å². The Kier molecular flexibility index (Phi) is 5.42. The molecule has 0 aliphatic rings. The van der Waals surface area contributed by atoms with E-state index in [0.29, 0.717) is 17.9 Å². The van der Waals surface area contributed by atoms with Gasteiger partial charge in [-0.15, -0.1) is 0 Å². The first-order valence-electron chi connectivity index (χ1n) is 7.43. The molecule has 116 valence electrons. The van der Waals surface area contributed by atoms with Gasteiger partial charge in [0.15, 0.2) is 0 Å². The van der Waals surface area contributed by atoms with E-state index < -0.39 is 0 Å². The van der Waals surface area contributed by atoms with Crippen LogP contribution in [0.5, 0.6) is 0 Å². The Morgan fingerprint density at radius 1 is 1.18 bits per heavy atom. The fraction of sp³-hybridized carbons (Fsp3) is 0.278. The largest absolute Gasteiger partial charge is 0.462 e. The number of nitrogens with zero attached hydrogens (tertiary/aromatic N) is 1. The SMILES string of the molecule is CCCOC(=O)c1ccc(N(C)Cc2ccccc2)c(N)c1. The molecule has 0 amide bonds. The van der Waals surface area contributed by atoms with E-state index in [9.17, 15) is 4.79 Å². The van der Waals surface area contributed by atoms with Gasteiger partial charge in [-0.25, -0.2) is 4.79 Å². The maximum absolute atomic E-state index is 11.8. The van der Waals surface area contributed by atoms with Crippen molar-refractivity contribution in [2.24, 2.45) is 0 Å². The molecule has 0 aliphatic carbocycles. The third-order valence-electron chi connectivity index (χ3n) is 3.37. The molecule has 0 saturated carbocycles. The lowest BCUT2D eigenvalue weighted by atomic mass is 10.1. The molecular weight excluding hydrogens is 276 g/mol. The molecule has 22 heavy (non-hydrogen) atoms. The molecule has 2 N–H and O–H groups in total. The molecule has 4 heteroatoms. The van der Waals surface area contributed by atoms with Gasteiger partial charge in [-0.2, -0.15) is 0 Å². The number of hydrogen-bond acceptors (Lipinski definition) is 4. The Morgan fingerprint density at radius 3 is 2.55 bits per heavy atom. The number of esters is 1. The average Bonchev–Trinajstić information content (AvgIpc) is 2.53. The first kappa shape index (κ1) is 15.9. The molecule has 0 unspecified atom stereocenters. The van der Waals surface area contributed by atoms with Crippen LogP contribution >= 0.6 is 0 Å². The van der Waals surface area contributed by atoms with Gasteiger partial charge < -0.3 is 15.4 Å². The van der Waals surface area contributed by atoms with E-state index in [4.69, 9.17) is 10.5 Å². The molecule has 2 rings (SSSR count). The monoisotopic (exact) mass is 298 g/mol. The van der Waals surface area contributed by atoms with Crippen molar-refractivity contribution in [3.8, 4) is 0 Å². The lowest BCUT2D eigenvalue weighted by Crippen LogP contribution is -2.18. The zero-order chi connectivity index (χ0) is 15.9. The van der Waals surface area contributed by atoms with Gasteiger partial charge in [-0.1, -0.05) is 37.3 Å². The predicted octanol–water partition coefficient (Wildman–Crippen LogP) is 3.47. The van der Waals surface area contributed by atoms with Crippen molar-refractivity contribution in [2.75, 3.05) is 24.3 Å². The van der Waals surface area contributed by atoms with Crippen LogP contribution in [0.1, 0.15) is 29.3 Å². The number of nitrogens with two attached hydrogens (primary N) is 1. The molecule has 4 nitrogen and oxygen atoms in total. The van der Waals surface area contributed by atoms with E-state index in [1.807, 2.05) is 38.2 Å². The minimum Gasteiger partial charge on any atom is -0.462 e. The molecule has 0 atom stereocenters. The van der Waals surface area contributed by atoms with Crippen LogP contribution in [0.4, 0.5) is 11.4 Å². The number of carbonyl (C=O) groups excluding carboxylic acids is 1. The van der Waals surface area contributed by atoms with E-state index in [1.54, 1.807) is 12.1 Å². The number of carbonyl (C=O) groups is 1. The highest BCUT2D eigenvalue weighted by Crippen LogP contribution is 2.25. The van der Waals surface area contributed by atoms with Crippen LogP contribution in [0.25, 0.3) is 0 Å². The first-order chi connectivity index (χ1) is 10.6. The van der Waals surface area contributed by atoms with E-state index in [2.05, 4.69) is 17.0 Å². The van der Waals surface area contributed by atoms with Crippen molar-refractivity contribution in [1.82, 2.24) is 0 Å². The Morgan fingerprint density at radius 2 is 1.91 bits per heavy atom. The molecule has 2 aromatic carbocycles. The summed E-state index contributed by atoms with van der Waals surface area (Å²) in [6, 6.07) is 15.5. The second kappa shape index (κ2) is 7.50. The number of rotatable bonds is 6. The quantitative estimate of drug-likeness (QED) is 0.655. The number of benzene rings is 2. The van der Waals surface area contributed by atoms with Crippen LogP contribution in [0.15, 0.2) is 48.5 Å². The first-order valence-corrected chi connectivity index (χ1v) is 7.43. The summed E-state index contributed by atoms with van der Waals surface area (Å²) in [5, 5.41) is 0. The highest BCUT2D eigenvalue weighted by Gasteiger charge is 2.11. The minimum absolute atomic E-state index is 0.328. The van der Waals surface area contributed by atoms with Crippen molar-refractivity contribution in [2.45, 2.75) is 19.9 Å². The van der Waals surface area contributed by atoms with Crippen LogP contribution in [0.3, 0.4) is 0 Å². The molecule has 0 spiro atoms. The van der Waals surface area contributed by atoms with Crippen LogP contribution in [-0.2, 0) is 11.3 Å². The summed E-state index contributed by atoms with van der Waals surface area (Å²) >= 11 is 0. The Balaban J connectivity index is 2.10. The third kappa shape index (κ3) is 4.01. The highest BCUT2D eigenvalue weighted by atomic mass is 16.5. The molecule has 0 bridgehead atoms. The van der Waals surface area contributed by atoms with Gasteiger partial charge >= 0.3 is 5.97 Å². The summed E-state index contributed by atoms with van der Waals surface area (Å²) < 4.78 is 5.12. The molecule has 0 aliphatic heterocycles. The highest BCUT2D eigenvalue weighted by molar-refractivity contribution is 5.92. The summed E-state index contributed by atoms with van der Waals surface area (Å²) in [6.07, 6.45) is 0.805. The molecule has 0 saturated heterocycles. The van der Waals surface area contributed by atoms with Crippen molar-refractivity contribution < 1.29 is 9.53 Å². The summed E-state index contributed by atoms with van der Waals surface area (Å²) in [4.78, 5) is 13.9. The lowest BCUT2D eigenvalue weighted by Gasteiger charge is -2.21. The normalized spacial score (nSPS) is 10.3. The van der Waals surface area contributed by atoms with E-state index in [0.717, 1.165) is 18.7 Å². The molecule has 2 aromatic rings. The van der Waals surface area contributed by atoms with Gasteiger partial charge in [0.25, 0.3) is 0 Å². The topological polar surface area (TPSA) is 55.6 Å². The van der Waals surface area contributed by atoms with Crippen LogP contribution < -0.4 is 10.6 Å². The fourth-order valence-electron chi connectivity index (χ4n) is 2.25. The smallest absolute Gasteiger partial charge is 0.338 e. The van der Waals surface area contributed by atoms with Crippen LogP contribution in [0.2, 0.25) is 0 Å². The summed E-state index contributed by atoms with van der Waals surface area (Å²) in [5.41, 5.74) is 9.26. The summed E-state index contributed by atoms with van der Waals surface area (Å²) in [7, 11) is 1.98. The van der Waals surface area contributed by atoms with Crippen LogP contribution in [-0.4, -0.2) is 19.6 Å². The van der Waals surface area contributed by atoms with Crippen molar-refractivity contribution in [3.63, 3.8) is 0 Å². The van der Waals surface area contributed by atoms with Gasteiger partial charge in [-0.3, -0.25) is 0 Å². The number of anilines is 2. The number of ether oxygens (including phenoxy) is 1. The van der Waals surface area contributed by atoms with Gasteiger partial charge in [0.1, 0.15) is 0 Å².